The number of carbonyl (C=O) groups excluding carboxylic acids is 1. The molecule has 138 valence electrons. The highest BCUT2D eigenvalue weighted by Crippen LogP contribution is 2.29. The monoisotopic (exact) mass is 373 g/mol. The Morgan fingerprint density at radius 2 is 1.89 bits per heavy atom. The summed E-state index contributed by atoms with van der Waals surface area (Å²) in [4.78, 5) is 36.9. The van der Waals surface area contributed by atoms with E-state index in [0.717, 1.165) is 5.56 Å². The molecule has 3 aromatic heterocycles. The number of aromatic hydroxyl groups is 1. The molecule has 0 spiro atoms. The maximum Gasteiger partial charge on any atom is 0.271 e. The molecule has 4 rings (SSSR count). The normalized spacial score (nSPS) is 10.9. The number of benzene rings is 1. The Labute approximate surface area is 159 Å². The van der Waals surface area contributed by atoms with Crippen molar-refractivity contribution in [2.75, 3.05) is 0 Å². The maximum atomic E-state index is 13.2. The number of hydrogen-bond acceptors (Lipinski definition) is 6. The Hall–Kier alpha value is -4.07. The van der Waals surface area contributed by atoms with Crippen molar-refractivity contribution in [3.63, 3.8) is 0 Å². The maximum absolute atomic E-state index is 13.2. The Morgan fingerprint density at radius 3 is 2.57 bits per heavy atom. The predicted octanol–water partition coefficient (Wildman–Crippen LogP) is 1.71. The molecule has 0 atom stereocenters. The van der Waals surface area contributed by atoms with Crippen LogP contribution in [-0.4, -0.2) is 30.5 Å². The molecule has 3 N–H and O–H groups in total. The van der Waals surface area contributed by atoms with Crippen LogP contribution in [0.3, 0.4) is 0 Å². The third kappa shape index (κ3) is 2.96. The van der Waals surface area contributed by atoms with Gasteiger partial charge < -0.3 is 15.4 Å². The molecule has 0 saturated heterocycles. The minimum Gasteiger partial charge on any atom is -0.505 e. The van der Waals surface area contributed by atoms with E-state index in [2.05, 4.69) is 15.0 Å². The molecule has 8 heteroatoms. The lowest BCUT2D eigenvalue weighted by atomic mass is 10.1. The van der Waals surface area contributed by atoms with Crippen LogP contribution in [0, 0.1) is 0 Å². The van der Waals surface area contributed by atoms with Crippen molar-refractivity contribution in [2.24, 2.45) is 5.73 Å². The van der Waals surface area contributed by atoms with Crippen LogP contribution >= 0.6 is 0 Å². The number of aromatic nitrogens is 4. The smallest absolute Gasteiger partial charge is 0.271 e. The third-order valence-electron chi connectivity index (χ3n) is 4.38. The van der Waals surface area contributed by atoms with Crippen molar-refractivity contribution < 1.29 is 9.90 Å². The topological polar surface area (TPSA) is 124 Å². The van der Waals surface area contributed by atoms with Gasteiger partial charge in [-0.1, -0.05) is 30.3 Å². The zero-order chi connectivity index (χ0) is 19.7. The highest BCUT2D eigenvalue weighted by atomic mass is 16.3. The summed E-state index contributed by atoms with van der Waals surface area (Å²) in [7, 11) is 0. The molecule has 4 aromatic rings. The number of amides is 1. The molecule has 3 heterocycles. The van der Waals surface area contributed by atoms with E-state index in [4.69, 9.17) is 5.73 Å². The number of carbonyl (C=O) groups is 1. The quantitative estimate of drug-likeness (QED) is 0.561. The van der Waals surface area contributed by atoms with Gasteiger partial charge in [0.2, 0.25) is 0 Å². The number of rotatable bonds is 4. The summed E-state index contributed by atoms with van der Waals surface area (Å²) < 4.78 is 1.48. The van der Waals surface area contributed by atoms with Gasteiger partial charge >= 0.3 is 0 Å². The van der Waals surface area contributed by atoms with E-state index in [1.807, 2.05) is 30.3 Å². The molecule has 0 bridgehead atoms. The number of hydrogen-bond donors (Lipinski definition) is 2. The van der Waals surface area contributed by atoms with Crippen LogP contribution in [-0.2, 0) is 6.54 Å². The van der Waals surface area contributed by atoms with Crippen LogP contribution in [0.15, 0.2) is 66.0 Å². The van der Waals surface area contributed by atoms with Crippen LogP contribution < -0.4 is 11.3 Å². The molecular formula is C20H15N5O3. The van der Waals surface area contributed by atoms with Gasteiger partial charge in [0.25, 0.3) is 11.5 Å². The minimum absolute atomic E-state index is 0.244. The van der Waals surface area contributed by atoms with E-state index in [1.165, 1.54) is 35.4 Å². The van der Waals surface area contributed by atoms with Gasteiger partial charge in [-0.05, 0) is 11.6 Å². The number of nitrogens with zero attached hydrogens (tertiary/aromatic N) is 4. The number of pyridine rings is 2. The third-order valence-corrected chi connectivity index (χ3v) is 4.38. The number of primary amides is 1. The Kier molecular flexibility index (Phi) is 4.29. The van der Waals surface area contributed by atoms with E-state index < -0.39 is 5.91 Å². The first kappa shape index (κ1) is 17.3. The highest BCUT2D eigenvalue weighted by molar-refractivity contribution is 6.00. The number of fused-ring (bicyclic) bond motifs is 1. The van der Waals surface area contributed by atoms with Crippen molar-refractivity contribution in [3.8, 4) is 17.0 Å². The van der Waals surface area contributed by atoms with Crippen LogP contribution in [0.4, 0.5) is 0 Å². The van der Waals surface area contributed by atoms with E-state index in [1.54, 1.807) is 0 Å². The van der Waals surface area contributed by atoms with Gasteiger partial charge in [0.15, 0.2) is 11.4 Å². The van der Waals surface area contributed by atoms with Crippen molar-refractivity contribution in [1.82, 2.24) is 19.5 Å². The average Bonchev–Trinajstić information content (AvgIpc) is 2.71. The molecule has 0 unspecified atom stereocenters. The minimum atomic E-state index is -0.860. The first-order chi connectivity index (χ1) is 13.6. The SMILES string of the molecule is NC(=O)c1ncc2c(cc(-c3cnccn3)c(=O)n2Cc2ccccc2)c1O. The summed E-state index contributed by atoms with van der Waals surface area (Å²) in [6.07, 6.45) is 5.80. The fraction of sp³-hybridized carbons (Fsp3) is 0.0500. The van der Waals surface area contributed by atoms with Crippen LogP contribution in [0.5, 0.6) is 5.75 Å². The van der Waals surface area contributed by atoms with E-state index in [-0.39, 0.29) is 34.5 Å². The summed E-state index contributed by atoms with van der Waals surface area (Å²) in [5.41, 5.74) is 6.58. The van der Waals surface area contributed by atoms with Gasteiger partial charge in [-0.2, -0.15) is 0 Å². The van der Waals surface area contributed by atoms with Gasteiger partial charge in [-0.25, -0.2) is 4.98 Å². The molecule has 28 heavy (non-hydrogen) atoms. The molecule has 1 aromatic carbocycles. The lowest BCUT2D eigenvalue weighted by molar-refractivity contribution is 0.0993. The van der Waals surface area contributed by atoms with Crippen LogP contribution in [0.25, 0.3) is 22.2 Å². The Bertz CT molecular complexity index is 1240. The van der Waals surface area contributed by atoms with Crippen molar-refractivity contribution >= 4 is 16.8 Å². The largest absolute Gasteiger partial charge is 0.505 e. The van der Waals surface area contributed by atoms with Crippen molar-refractivity contribution in [3.05, 3.63) is 82.8 Å². The average molecular weight is 373 g/mol. The van der Waals surface area contributed by atoms with E-state index >= 15 is 0 Å². The first-order valence-corrected chi connectivity index (χ1v) is 8.42. The van der Waals surface area contributed by atoms with Crippen molar-refractivity contribution in [2.45, 2.75) is 6.54 Å². The lowest BCUT2D eigenvalue weighted by Gasteiger charge is -2.14. The molecule has 0 aliphatic carbocycles. The summed E-state index contributed by atoms with van der Waals surface area (Å²) >= 11 is 0. The van der Waals surface area contributed by atoms with E-state index in [9.17, 15) is 14.7 Å². The molecule has 0 radical (unpaired) electrons. The highest BCUT2D eigenvalue weighted by Gasteiger charge is 2.19. The molecule has 0 aliphatic rings. The fourth-order valence-electron chi connectivity index (χ4n) is 3.05. The Balaban J connectivity index is 2.05. The second-order valence-electron chi connectivity index (χ2n) is 6.14. The van der Waals surface area contributed by atoms with Gasteiger partial charge in [0.1, 0.15) is 0 Å². The predicted molar refractivity (Wildman–Crippen MR) is 103 cm³/mol. The van der Waals surface area contributed by atoms with Crippen LogP contribution in [0.1, 0.15) is 16.1 Å². The van der Waals surface area contributed by atoms with Gasteiger partial charge in [0, 0.05) is 17.8 Å². The summed E-state index contributed by atoms with van der Waals surface area (Å²) in [5.74, 6) is -1.24. The van der Waals surface area contributed by atoms with E-state index in [0.29, 0.717) is 11.2 Å². The van der Waals surface area contributed by atoms with Crippen molar-refractivity contribution in [1.29, 1.82) is 0 Å². The van der Waals surface area contributed by atoms with Gasteiger partial charge in [-0.3, -0.25) is 19.6 Å². The molecule has 8 nitrogen and oxygen atoms in total. The summed E-state index contributed by atoms with van der Waals surface area (Å²) in [6, 6.07) is 10.9. The molecule has 0 saturated carbocycles. The molecule has 0 fully saturated rings. The first-order valence-electron chi connectivity index (χ1n) is 8.42. The standard InChI is InChI=1S/C20H15N5O3/c21-19(27)17-18(26)14-8-13(15-9-22-6-7-23-15)20(28)25(16(14)10-24-17)11-12-4-2-1-3-5-12/h1-10,26H,11H2,(H2,21,27). The molecular weight excluding hydrogens is 358 g/mol. The fourth-order valence-corrected chi connectivity index (χ4v) is 3.05. The summed E-state index contributed by atoms with van der Waals surface area (Å²) in [5, 5.41) is 10.8. The number of nitrogens with two attached hydrogens (primary N) is 1. The van der Waals surface area contributed by atoms with Gasteiger partial charge in [-0.15, -0.1) is 0 Å². The second kappa shape index (κ2) is 6.92. The lowest BCUT2D eigenvalue weighted by Crippen LogP contribution is -2.24. The Morgan fingerprint density at radius 1 is 1.11 bits per heavy atom. The van der Waals surface area contributed by atoms with Crippen LogP contribution in [0.2, 0.25) is 0 Å². The molecule has 1 amide bonds. The summed E-state index contributed by atoms with van der Waals surface area (Å²) in [6.45, 7) is 0.251. The van der Waals surface area contributed by atoms with Gasteiger partial charge in [0.05, 0.1) is 35.7 Å². The zero-order valence-corrected chi connectivity index (χ0v) is 14.6. The molecule has 0 aliphatic heterocycles. The second-order valence-corrected chi connectivity index (χ2v) is 6.14. The zero-order valence-electron chi connectivity index (χ0n) is 14.6.